The fourth-order valence-electron chi connectivity index (χ4n) is 3.21. The fraction of sp³-hybridized carbons (Fsp3) is 0.333. The number of benzene rings is 2. The first-order valence-electron chi connectivity index (χ1n) is 7.94. The average molecular weight is 348 g/mol. The Bertz CT molecular complexity index is 735. The van der Waals surface area contributed by atoms with E-state index in [1.54, 1.807) is 24.3 Å². The second kappa shape index (κ2) is 6.44. The summed E-state index contributed by atoms with van der Waals surface area (Å²) >= 11 is 0. The molecule has 0 radical (unpaired) electrons. The monoisotopic (exact) mass is 348 g/mol. The first-order chi connectivity index (χ1) is 11.7. The van der Waals surface area contributed by atoms with Gasteiger partial charge in [-0.05, 0) is 38.1 Å². The van der Waals surface area contributed by atoms with E-state index in [0.717, 1.165) is 11.1 Å². The highest BCUT2D eigenvalue weighted by Gasteiger charge is 2.40. The predicted octanol–water partition coefficient (Wildman–Crippen LogP) is 2.80. The van der Waals surface area contributed by atoms with E-state index >= 15 is 0 Å². The lowest BCUT2D eigenvalue weighted by atomic mass is 9.88. The standard InChI is InChI=1S/C18H18O6.H2O/c1-3-21-17-9-5-7-12(20)16-13(9)14-10(18(24-16)22-4-2)6-8-11(19)15(14)23-17;/h5-8,17-20H,3-4H2,1-2H3;1H2/t17-,18-;/m1./s1. The summed E-state index contributed by atoms with van der Waals surface area (Å²) in [6.07, 6.45) is -1.35. The normalized spacial score (nSPS) is 19.3. The van der Waals surface area contributed by atoms with Crippen LogP contribution < -0.4 is 9.47 Å². The Morgan fingerprint density at radius 2 is 1.20 bits per heavy atom. The van der Waals surface area contributed by atoms with Gasteiger partial charge < -0.3 is 34.6 Å². The lowest BCUT2D eigenvalue weighted by Gasteiger charge is -2.36. The van der Waals surface area contributed by atoms with Gasteiger partial charge in [-0.3, -0.25) is 0 Å². The minimum atomic E-state index is -0.676. The second-order valence-corrected chi connectivity index (χ2v) is 5.57. The average Bonchev–Trinajstić information content (AvgIpc) is 2.58. The summed E-state index contributed by atoms with van der Waals surface area (Å²) in [5.74, 6) is 0.655. The van der Waals surface area contributed by atoms with Crippen LogP contribution in [-0.4, -0.2) is 28.9 Å². The number of hydrogen-bond donors (Lipinski definition) is 2. The Morgan fingerprint density at radius 1 is 0.800 bits per heavy atom. The molecule has 0 fully saturated rings. The zero-order valence-electron chi connectivity index (χ0n) is 13.9. The van der Waals surface area contributed by atoms with E-state index < -0.39 is 12.6 Å². The van der Waals surface area contributed by atoms with Crippen LogP contribution in [0.15, 0.2) is 24.3 Å². The number of aromatic hydroxyl groups is 2. The van der Waals surface area contributed by atoms with Crippen molar-refractivity contribution in [2.45, 2.75) is 26.4 Å². The molecule has 2 aromatic rings. The van der Waals surface area contributed by atoms with Gasteiger partial charge in [0.15, 0.2) is 23.0 Å². The molecule has 134 valence electrons. The zero-order valence-corrected chi connectivity index (χ0v) is 13.9. The maximum absolute atomic E-state index is 10.3. The largest absolute Gasteiger partial charge is 0.504 e. The summed E-state index contributed by atoms with van der Waals surface area (Å²) in [7, 11) is 0. The van der Waals surface area contributed by atoms with Crippen molar-refractivity contribution in [3.8, 4) is 34.1 Å². The maximum Gasteiger partial charge on any atom is 0.227 e. The number of phenolic OH excluding ortho intramolecular Hbond substituents is 2. The second-order valence-electron chi connectivity index (χ2n) is 5.57. The van der Waals surface area contributed by atoms with Gasteiger partial charge in [0.2, 0.25) is 12.6 Å². The number of phenols is 2. The molecule has 2 atom stereocenters. The van der Waals surface area contributed by atoms with Crippen LogP contribution in [-0.2, 0) is 9.47 Å². The highest BCUT2D eigenvalue weighted by molar-refractivity contribution is 5.88. The minimum Gasteiger partial charge on any atom is -0.504 e. The maximum atomic E-state index is 10.3. The predicted molar refractivity (Wildman–Crippen MR) is 88.8 cm³/mol. The van der Waals surface area contributed by atoms with Crippen molar-refractivity contribution in [1.82, 2.24) is 0 Å². The van der Waals surface area contributed by atoms with Gasteiger partial charge in [0, 0.05) is 35.5 Å². The van der Waals surface area contributed by atoms with Gasteiger partial charge in [-0.1, -0.05) is 0 Å². The number of rotatable bonds is 4. The molecule has 4 N–H and O–H groups in total. The zero-order chi connectivity index (χ0) is 16.8. The Hall–Kier alpha value is -2.48. The molecule has 2 aliphatic heterocycles. The molecule has 0 unspecified atom stereocenters. The molecule has 25 heavy (non-hydrogen) atoms. The van der Waals surface area contributed by atoms with Crippen LogP contribution in [0, 0.1) is 0 Å². The number of ether oxygens (including phenoxy) is 4. The Labute approximate surface area is 144 Å². The first-order valence-corrected chi connectivity index (χ1v) is 7.94. The van der Waals surface area contributed by atoms with Gasteiger partial charge in [0.1, 0.15) is 0 Å². The van der Waals surface area contributed by atoms with Gasteiger partial charge >= 0.3 is 0 Å². The van der Waals surface area contributed by atoms with Crippen molar-refractivity contribution in [1.29, 1.82) is 0 Å². The Kier molecular flexibility index (Phi) is 4.47. The van der Waals surface area contributed by atoms with Crippen molar-refractivity contribution in [3.63, 3.8) is 0 Å². The van der Waals surface area contributed by atoms with Crippen molar-refractivity contribution in [2.75, 3.05) is 13.2 Å². The quantitative estimate of drug-likeness (QED) is 0.879. The van der Waals surface area contributed by atoms with Crippen LogP contribution in [0.25, 0.3) is 11.1 Å². The van der Waals surface area contributed by atoms with E-state index in [0.29, 0.717) is 35.8 Å². The molecule has 0 aliphatic carbocycles. The molecule has 4 rings (SSSR count). The van der Waals surface area contributed by atoms with Gasteiger partial charge in [0.05, 0.1) is 0 Å². The smallest absolute Gasteiger partial charge is 0.227 e. The van der Waals surface area contributed by atoms with Gasteiger partial charge in [-0.15, -0.1) is 0 Å². The van der Waals surface area contributed by atoms with Gasteiger partial charge in [-0.25, -0.2) is 0 Å². The van der Waals surface area contributed by atoms with Crippen molar-refractivity contribution < 1.29 is 34.6 Å². The summed E-state index contributed by atoms with van der Waals surface area (Å²) in [6, 6.07) is 6.59. The molecule has 0 amide bonds. The van der Waals surface area contributed by atoms with Crippen LogP contribution in [0.1, 0.15) is 37.6 Å². The highest BCUT2D eigenvalue weighted by atomic mass is 16.7. The fourth-order valence-corrected chi connectivity index (χ4v) is 3.21. The van der Waals surface area contributed by atoms with Crippen molar-refractivity contribution in [2.24, 2.45) is 0 Å². The molecule has 7 heteroatoms. The molecular weight excluding hydrogens is 328 g/mol. The Morgan fingerprint density at radius 3 is 1.56 bits per heavy atom. The lowest BCUT2D eigenvalue weighted by molar-refractivity contribution is -0.0914. The van der Waals surface area contributed by atoms with Crippen LogP contribution in [0.2, 0.25) is 0 Å². The van der Waals surface area contributed by atoms with E-state index in [-0.39, 0.29) is 17.0 Å². The third-order valence-corrected chi connectivity index (χ3v) is 4.18. The van der Waals surface area contributed by atoms with E-state index in [9.17, 15) is 10.2 Å². The van der Waals surface area contributed by atoms with Crippen LogP contribution in [0.5, 0.6) is 23.0 Å². The molecule has 2 heterocycles. The lowest BCUT2D eigenvalue weighted by Crippen LogP contribution is -2.24. The summed E-state index contributed by atoms with van der Waals surface area (Å²) in [5.41, 5.74) is 2.85. The van der Waals surface area contributed by atoms with Crippen LogP contribution >= 0.6 is 0 Å². The Balaban J connectivity index is 0.00000182. The summed E-state index contributed by atoms with van der Waals surface area (Å²) in [5, 5.41) is 20.5. The molecule has 0 bridgehead atoms. The highest BCUT2D eigenvalue weighted by Crippen LogP contribution is 2.58. The summed E-state index contributed by atoms with van der Waals surface area (Å²) in [4.78, 5) is 0. The molecule has 2 aromatic carbocycles. The van der Waals surface area contributed by atoms with Gasteiger partial charge in [-0.2, -0.15) is 0 Å². The van der Waals surface area contributed by atoms with Crippen LogP contribution in [0.3, 0.4) is 0 Å². The van der Waals surface area contributed by atoms with E-state index in [4.69, 9.17) is 18.9 Å². The number of hydrogen-bond acceptors (Lipinski definition) is 6. The minimum absolute atomic E-state index is 0. The van der Waals surface area contributed by atoms with E-state index in [1.165, 1.54) is 0 Å². The molecule has 0 aromatic heterocycles. The van der Waals surface area contributed by atoms with Gasteiger partial charge in [0.25, 0.3) is 0 Å². The summed E-state index contributed by atoms with van der Waals surface area (Å²) in [6.45, 7) is 4.62. The van der Waals surface area contributed by atoms with Crippen molar-refractivity contribution >= 4 is 0 Å². The SMILES string of the molecule is CCO[C@@H]1Oc2c(O)ccc3c2-c2c1ccc(O)c2O[C@H]3OCC.O. The van der Waals surface area contributed by atoms with E-state index in [1.807, 2.05) is 13.8 Å². The molecule has 7 nitrogen and oxygen atoms in total. The van der Waals surface area contributed by atoms with E-state index in [2.05, 4.69) is 0 Å². The summed E-state index contributed by atoms with van der Waals surface area (Å²) < 4.78 is 23.1. The topological polar surface area (TPSA) is 109 Å². The van der Waals surface area contributed by atoms with Crippen LogP contribution in [0.4, 0.5) is 0 Å². The molecule has 0 saturated heterocycles. The molecular formula is C18H20O7. The third-order valence-electron chi connectivity index (χ3n) is 4.18. The first kappa shape index (κ1) is 17.3. The third kappa shape index (κ3) is 2.48. The molecule has 2 aliphatic rings. The van der Waals surface area contributed by atoms with Crippen molar-refractivity contribution in [3.05, 3.63) is 35.4 Å². The molecule has 0 spiro atoms. The molecule has 0 saturated carbocycles.